The average molecular weight is 477 g/mol. The second kappa shape index (κ2) is 10.7. The number of likely N-dealkylation sites (N-methyl/N-ethyl adjacent to an activating group) is 1. The molecule has 1 aliphatic rings. The number of carbonyl (C=O) groups is 1. The normalized spacial score (nSPS) is 14.4. The van der Waals surface area contributed by atoms with Crippen LogP contribution in [0.3, 0.4) is 0 Å². The summed E-state index contributed by atoms with van der Waals surface area (Å²) in [5, 5.41) is 3.96. The number of anilines is 2. The molecule has 2 aromatic carbocycles. The summed E-state index contributed by atoms with van der Waals surface area (Å²) >= 11 is 0. The number of ether oxygens (including phenoxy) is 3. The van der Waals surface area contributed by atoms with Crippen molar-refractivity contribution in [3.8, 4) is 17.2 Å². The molecule has 0 radical (unpaired) electrons. The maximum absolute atomic E-state index is 12.6. The summed E-state index contributed by atoms with van der Waals surface area (Å²) in [6.45, 7) is 6.10. The first-order valence-electron chi connectivity index (χ1n) is 11.6. The molecule has 1 aliphatic heterocycles. The Balaban J connectivity index is 1.49. The van der Waals surface area contributed by atoms with E-state index >= 15 is 0 Å². The third-order valence-corrected chi connectivity index (χ3v) is 6.21. The van der Waals surface area contributed by atoms with Gasteiger partial charge in [-0.15, -0.1) is 0 Å². The molecule has 0 spiro atoms. The highest BCUT2D eigenvalue weighted by Gasteiger charge is 2.17. The Bertz CT molecular complexity index is 1220. The Kier molecular flexibility index (Phi) is 7.41. The van der Waals surface area contributed by atoms with Gasteiger partial charge in [-0.3, -0.25) is 4.79 Å². The Labute approximate surface area is 206 Å². The van der Waals surface area contributed by atoms with Gasteiger partial charge >= 0.3 is 0 Å². The molecule has 2 heterocycles. The fourth-order valence-corrected chi connectivity index (χ4v) is 4.21. The summed E-state index contributed by atoms with van der Waals surface area (Å²) in [4.78, 5) is 22.1. The van der Waals surface area contributed by atoms with E-state index in [-0.39, 0.29) is 5.91 Å². The summed E-state index contributed by atoms with van der Waals surface area (Å²) in [5.74, 6) is 2.33. The van der Waals surface area contributed by atoms with Crippen LogP contribution in [0.25, 0.3) is 17.0 Å². The molecule has 4 rings (SSSR count). The van der Waals surface area contributed by atoms with Crippen LogP contribution in [-0.2, 0) is 4.79 Å². The molecule has 1 N–H and O–H groups in total. The fraction of sp³-hybridized carbons (Fsp3) is 0.333. The molecule has 0 aliphatic carbocycles. The second-order valence-electron chi connectivity index (χ2n) is 8.60. The van der Waals surface area contributed by atoms with Crippen molar-refractivity contribution in [3.05, 3.63) is 53.6 Å². The van der Waals surface area contributed by atoms with E-state index in [1.54, 1.807) is 39.5 Å². The van der Waals surface area contributed by atoms with Crippen molar-refractivity contribution in [2.75, 3.05) is 64.8 Å². The molecule has 1 aromatic heterocycles. The van der Waals surface area contributed by atoms with Gasteiger partial charge in [0.05, 0.1) is 26.8 Å². The third kappa shape index (κ3) is 5.49. The van der Waals surface area contributed by atoms with Gasteiger partial charge in [-0.2, -0.15) is 0 Å². The zero-order valence-electron chi connectivity index (χ0n) is 20.9. The summed E-state index contributed by atoms with van der Waals surface area (Å²) in [7, 11) is 6.81. The van der Waals surface area contributed by atoms with Gasteiger partial charge in [-0.05, 0) is 67.6 Å². The number of hydrogen-bond donors (Lipinski definition) is 1. The first kappa shape index (κ1) is 24.3. The number of pyridine rings is 1. The molecule has 0 saturated carbocycles. The minimum atomic E-state index is -0.238. The Hall–Kier alpha value is -3.78. The maximum atomic E-state index is 12.6. The van der Waals surface area contributed by atoms with E-state index in [0.717, 1.165) is 54.0 Å². The number of hydrogen-bond acceptors (Lipinski definition) is 7. The third-order valence-electron chi connectivity index (χ3n) is 6.21. The van der Waals surface area contributed by atoms with E-state index in [4.69, 9.17) is 19.2 Å². The Morgan fingerprint density at radius 1 is 0.971 bits per heavy atom. The number of benzene rings is 2. The van der Waals surface area contributed by atoms with E-state index in [1.165, 1.54) is 6.08 Å². The number of piperazine rings is 1. The topological polar surface area (TPSA) is 76.2 Å². The SMILES string of the molecule is COc1cc(/C=C/C(=O)Nc2ccc3nc(N4CCN(C)CC4)cc(C)c3c2)cc(OC)c1OC. The summed E-state index contributed by atoms with van der Waals surface area (Å²) < 4.78 is 16.1. The summed E-state index contributed by atoms with van der Waals surface area (Å²) in [6, 6.07) is 11.5. The van der Waals surface area contributed by atoms with Gasteiger partial charge in [-0.25, -0.2) is 4.98 Å². The molecule has 8 heteroatoms. The van der Waals surface area contributed by atoms with Crippen molar-refractivity contribution in [2.45, 2.75) is 6.92 Å². The van der Waals surface area contributed by atoms with Crippen LogP contribution in [0.15, 0.2) is 42.5 Å². The first-order valence-corrected chi connectivity index (χ1v) is 11.6. The van der Waals surface area contributed by atoms with Crippen molar-refractivity contribution in [2.24, 2.45) is 0 Å². The minimum Gasteiger partial charge on any atom is -0.493 e. The standard InChI is InChI=1S/C27H32N4O4/c1-18-14-25(31-12-10-30(2)11-13-31)29-22-8-7-20(17-21(18)22)28-26(32)9-6-19-15-23(33-3)27(35-5)24(16-19)34-4/h6-9,14-17H,10-13H2,1-5H3,(H,28,32)/b9-6+. The molecular formula is C27H32N4O4. The number of nitrogens with one attached hydrogen (secondary N) is 1. The van der Waals surface area contributed by atoms with Gasteiger partial charge in [0, 0.05) is 43.3 Å². The molecule has 8 nitrogen and oxygen atoms in total. The zero-order valence-corrected chi connectivity index (χ0v) is 20.9. The first-order chi connectivity index (χ1) is 16.9. The van der Waals surface area contributed by atoms with Crippen molar-refractivity contribution >= 4 is 34.4 Å². The Morgan fingerprint density at radius 2 is 1.66 bits per heavy atom. The highest BCUT2D eigenvalue weighted by atomic mass is 16.5. The molecular weight excluding hydrogens is 444 g/mol. The molecule has 0 bridgehead atoms. The largest absolute Gasteiger partial charge is 0.493 e. The monoisotopic (exact) mass is 476 g/mol. The van der Waals surface area contributed by atoms with Crippen molar-refractivity contribution in [3.63, 3.8) is 0 Å². The van der Waals surface area contributed by atoms with Gasteiger partial charge in [0.25, 0.3) is 0 Å². The number of amides is 1. The second-order valence-corrected chi connectivity index (χ2v) is 8.60. The minimum absolute atomic E-state index is 0.238. The fourth-order valence-electron chi connectivity index (χ4n) is 4.21. The number of methoxy groups -OCH3 is 3. The van der Waals surface area contributed by atoms with Crippen molar-refractivity contribution in [1.82, 2.24) is 9.88 Å². The van der Waals surface area contributed by atoms with Crippen LogP contribution in [0, 0.1) is 6.92 Å². The van der Waals surface area contributed by atoms with Crippen molar-refractivity contribution in [1.29, 1.82) is 0 Å². The predicted molar refractivity (Wildman–Crippen MR) is 140 cm³/mol. The number of carbonyl (C=O) groups excluding carboxylic acids is 1. The number of fused-ring (bicyclic) bond motifs is 1. The van der Waals surface area contributed by atoms with Crippen LogP contribution in [0.4, 0.5) is 11.5 Å². The lowest BCUT2D eigenvalue weighted by atomic mass is 10.1. The lowest BCUT2D eigenvalue weighted by Gasteiger charge is -2.33. The van der Waals surface area contributed by atoms with Gasteiger partial charge in [0.2, 0.25) is 11.7 Å². The van der Waals surface area contributed by atoms with Gasteiger partial charge in [0.15, 0.2) is 11.5 Å². The number of aryl methyl sites for hydroxylation is 1. The average Bonchev–Trinajstić information content (AvgIpc) is 2.87. The molecule has 35 heavy (non-hydrogen) atoms. The van der Waals surface area contributed by atoms with Gasteiger partial charge in [-0.1, -0.05) is 0 Å². The number of aromatic nitrogens is 1. The van der Waals surface area contributed by atoms with Gasteiger partial charge < -0.3 is 29.3 Å². The quantitative estimate of drug-likeness (QED) is 0.517. The van der Waals surface area contributed by atoms with Crippen LogP contribution in [0.5, 0.6) is 17.2 Å². The van der Waals surface area contributed by atoms with E-state index < -0.39 is 0 Å². The van der Waals surface area contributed by atoms with E-state index in [0.29, 0.717) is 22.9 Å². The van der Waals surface area contributed by atoms with Crippen molar-refractivity contribution < 1.29 is 19.0 Å². The van der Waals surface area contributed by atoms with Crippen LogP contribution >= 0.6 is 0 Å². The Morgan fingerprint density at radius 3 is 2.29 bits per heavy atom. The molecule has 0 unspecified atom stereocenters. The molecule has 3 aromatic rings. The number of nitrogens with zero attached hydrogens (tertiary/aromatic N) is 3. The van der Waals surface area contributed by atoms with E-state index in [1.807, 2.05) is 18.2 Å². The summed E-state index contributed by atoms with van der Waals surface area (Å²) in [6.07, 6.45) is 3.18. The maximum Gasteiger partial charge on any atom is 0.248 e. The zero-order chi connectivity index (χ0) is 24.9. The highest BCUT2D eigenvalue weighted by Crippen LogP contribution is 2.38. The lowest BCUT2D eigenvalue weighted by Crippen LogP contribution is -2.44. The van der Waals surface area contributed by atoms with Crippen LogP contribution in [0.2, 0.25) is 0 Å². The van der Waals surface area contributed by atoms with E-state index in [9.17, 15) is 4.79 Å². The van der Waals surface area contributed by atoms with Crippen LogP contribution in [0.1, 0.15) is 11.1 Å². The smallest absolute Gasteiger partial charge is 0.248 e. The molecule has 1 saturated heterocycles. The van der Waals surface area contributed by atoms with E-state index in [2.05, 4.69) is 35.2 Å². The molecule has 1 amide bonds. The van der Waals surface area contributed by atoms with Gasteiger partial charge in [0.1, 0.15) is 5.82 Å². The molecule has 184 valence electrons. The lowest BCUT2D eigenvalue weighted by molar-refractivity contribution is -0.111. The molecule has 0 atom stereocenters. The number of rotatable bonds is 7. The van der Waals surface area contributed by atoms with Crippen LogP contribution in [-0.4, -0.2) is 70.3 Å². The highest BCUT2D eigenvalue weighted by molar-refractivity contribution is 6.03. The summed E-state index contributed by atoms with van der Waals surface area (Å²) in [5.41, 5.74) is 3.52. The predicted octanol–water partition coefficient (Wildman–Crippen LogP) is 3.97. The van der Waals surface area contributed by atoms with Crippen LogP contribution < -0.4 is 24.4 Å². The molecule has 1 fully saturated rings.